The summed E-state index contributed by atoms with van der Waals surface area (Å²) in [4.78, 5) is 0. The molecule has 28 heavy (non-hydrogen) atoms. The van der Waals surface area contributed by atoms with Gasteiger partial charge in [-0.05, 0) is 51.5 Å². The van der Waals surface area contributed by atoms with Crippen LogP contribution in [0.3, 0.4) is 0 Å². The lowest BCUT2D eigenvalue weighted by Crippen LogP contribution is -2.09. The molecule has 3 aromatic carbocycles. The van der Waals surface area contributed by atoms with Crippen molar-refractivity contribution in [3.05, 3.63) is 95.6 Å². The van der Waals surface area contributed by atoms with Crippen LogP contribution in [-0.4, -0.2) is 6.21 Å². The highest BCUT2D eigenvalue weighted by molar-refractivity contribution is 5.91. The summed E-state index contributed by atoms with van der Waals surface area (Å²) in [5.41, 5.74) is 9.52. The summed E-state index contributed by atoms with van der Waals surface area (Å²) in [6.07, 6.45) is 7.44. The Hall–Kier alpha value is -3.13. The highest BCUT2D eigenvalue weighted by Gasteiger charge is 2.23. The monoisotopic (exact) mass is 366 g/mol. The lowest BCUT2D eigenvalue weighted by molar-refractivity contribution is 0.520. The molecule has 3 aromatic rings. The molecule has 140 valence electrons. The van der Waals surface area contributed by atoms with Crippen LogP contribution in [0.5, 0.6) is 0 Å². The molecular formula is C26H26N2. The predicted molar refractivity (Wildman–Crippen MR) is 122 cm³/mol. The van der Waals surface area contributed by atoms with Crippen molar-refractivity contribution in [1.82, 2.24) is 0 Å². The number of rotatable bonds is 4. The van der Waals surface area contributed by atoms with Gasteiger partial charge in [0.15, 0.2) is 0 Å². The molecule has 1 N–H and O–H groups in total. The Morgan fingerprint density at radius 3 is 2.46 bits per heavy atom. The fourth-order valence-electron chi connectivity index (χ4n) is 3.78. The zero-order valence-electron chi connectivity index (χ0n) is 16.7. The molecule has 1 aliphatic carbocycles. The van der Waals surface area contributed by atoms with Crippen LogP contribution >= 0.6 is 0 Å². The SMILES string of the molecule is CC(C)(C)C1=C(c2ccccc2C=NNc2ccc3ccccc3c2)CC=C1. The van der Waals surface area contributed by atoms with E-state index in [1.165, 1.54) is 27.5 Å². The Labute approximate surface area is 167 Å². The predicted octanol–water partition coefficient (Wildman–Crippen LogP) is 7.05. The first-order valence-electron chi connectivity index (χ1n) is 9.80. The summed E-state index contributed by atoms with van der Waals surface area (Å²) in [5.74, 6) is 0. The van der Waals surface area contributed by atoms with Crippen molar-refractivity contribution in [2.45, 2.75) is 27.2 Å². The minimum absolute atomic E-state index is 0.135. The number of fused-ring (bicyclic) bond motifs is 1. The van der Waals surface area contributed by atoms with Gasteiger partial charge in [-0.1, -0.05) is 87.5 Å². The molecule has 2 heteroatoms. The average Bonchev–Trinajstić information content (AvgIpc) is 3.18. The molecule has 0 atom stereocenters. The standard InChI is InChI=1S/C26H26N2/c1-26(2,3)25-14-8-13-24(25)23-12-7-6-11-21(23)18-27-28-22-16-15-19-9-4-5-10-20(19)17-22/h4-12,14-18,28H,13H2,1-3H3. The first kappa shape index (κ1) is 18.2. The topological polar surface area (TPSA) is 24.4 Å². The first-order valence-corrected chi connectivity index (χ1v) is 9.80. The van der Waals surface area contributed by atoms with Gasteiger partial charge >= 0.3 is 0 Å². The van der Waals surface area contributed by atoms with Crippen LogP contribution in [0.25, 0.3) is 16.3 Å². The molecule has 0 fully saturated rings. The van der Waals surface area contributed by atoms with Gasteiger partial charge in [0.1, 0.15) is 0 Å². The van der Waals surface area contributed by atoms with Gasteiger partial charge in [0.25, 0.3) is 0 Å². The molecule has 0 heterocycles. The number of hydrazone groups is 1. The molecule has 0 amide bonds. The van der Waals surface area contributed by atoms with Gasteiger partial charge < -0.3 is 0 Å². The molecule has 0 saturated heterocycles. The van der Waals surface area contributed by atoms with Gasteiger partial charge in [-0.15, -0.1) is 0 Å². The third-order valence-corrected chi connectivity index (χ3v) is 5.17. The number of nitrogens with one attached hydrogen (secondary N) is 1. The molecule has 2 nitrogen and oxygen atoms in total. The van der Waals surface area contributed by atoms with Gasteiger partial charge in [0.05, 0.1) is 11.9 Å². The van der Waals surface area contributed by atoms with Gasteiger partial charge in [0, 0.05) is 5.56 Å². The van der Waals surface area contributed by atoms with Crippen molar-refractivity contribution in [1.29, 1.82) is 0 Å². The van der Waals surface area contributed by atoms with E-state index >= 15 is 0 Å². The second kappa shape index (κ2) is 7.47. The van der Waals surface area contributed by atoms with Crippen molar-refractivity contribution in [3.63, 3.8) is 0 Å². The van der Waals surface area contributed by atoms with Crippen molar-refractivity contribution in [2.75, 3.05) is 5.43 Å². The summed E-state index contributed by atoms with van der Waals surface area (Å²) < 4.78 is 0. The minimum Gasteiger partial charge on any atom is -0.278 e. The molecule has 4 rings (SSSR count). The summed E-state index contributed by atoms with van der Waals surface area (Å²) >= 11 is 0. The van der Waals surface area contributed by atoms with E-state index in [4.69, 9.17) is 0 Å². The lowest BCUT2D eigenvalue weighted by Gasteiger charge is -2.22. The molecule has 0 bridgehead atoms. The maximum Gasteiger partial charge on any atom is 0.0568 e. The summed E-state index contributed by atoms with van der Waals surface area (Å²) in [7, 11) is 0. The molecular weight excluding hydrogens is 340 g/mol. The first-order chi connectivity index (χ1) is 13.5. The van der Waals surface area contributed by atoms with E-state index in [0.717, 1.165) is 17.7 Å². The van der Waals surface area contributed by atoms with E-state index in [2.05, 4.69) is 110 Å². The molecule has 0 unspecified atom stereocenters. The normalized spacial score (nSPS) is 14.4. The molecule has 1 aliphatic rings. The molecule has 0 spiro atoms. The number of hydrogen-bond acceptors (Lipinski definition) is 2. The lowest BCUT2D eigenvalue weighted by atomic mass is 9.82. The summed E-state index contributed by atoms with van der Waals surface area (Å²) in [5, 5.41) is 6.96. The van der Waals surface area contributed by atoms with Crippen LogP contribution in [0.4, 0.5) is 5.69 Å². The van der Waals surface area contributed by atoms with Crippen molar-refractivity contribution >= 4 is 28.2 Å². The average molecular weight is 367 g/mol. The zero-order chi connectivity index (χ0) is 19.6. The molecule has 0 aliphatic heterocycles. The van der Waals surface area contributed by atoms with Gasteiger partial charge in [-0.2, -0.15) is 5.10 Å². The molecule has 0 saturated carbocycles. The third-order valence-electron chi connectivity index (χ3n) is 5.17. The fraction of sp³-hybridized carbons (Fsp3) is 0.192. The Morgan fingerprint density at radius 1 is 0.893 bits per heavy atom. The quantitative estimate of drug-likeness (QED) is 0.388. The zero-order valence-corrected chi connectivity index (χ0v) is 16.7. The third kappa shape index (κ3) is 3.77. The van der Waals surface area contributed by atoms with Crippen molar-refractivity contribution < 1.29 is 0 Å². The van der Waals surface area contributed by atoms with Gasteiger partial charge in [-0.25, -0.2) is 0 Å². The van der Waals surface area contributed by atoms with Crippen LogP contribution in [0.1, 0.15) is 38.3 Å². The highest BCUT2D eigenvalue weighted by Crippen LogP contribution is 2.39. The van der Waals surface area contributed by atoms with E-state index in [-0.39, 0.29) is 5.41 Å². The second-order valence-electron chi connectivity index (χ2n) is 8.27. The Bertz CT molecular complexity index is 1090. The highest BCUT2D eigenvalue weighted by atomic mass is 15.3. The van der Waals surface area contributed by atoms with Crippen molar-refractivity contribution in [3.8, 4) is 0 Å². The maximum atomic E-state index is 4.52. The molecule has 0 radical (unpaired) electrons. The van der Waals surface area contributed by atoms with Crippen LogP contribution in [0, 0.1) is 5.41 Å². The number of hydrogen-bond donors (Lipinski definition) is 1. The summed E-state index contributed by atoms with van der Waals surface area (Å²) in [6, 6.07) is 23.2. The Kier molecular flexibility index (Phi) is 4.87. The van der Waals surface area contributed by atoms with Crippen LogP contribution in [0.2, 0.25) is 0 Å². The fourth-order valence-corrected chi connectivity index (χ4v) is 3.78. The number of anilines is 1. The van der Waals surface area contributed by atoms with E-state index < -0.39 is 0 Å². The van der Waals surface area contributed by atoms with E-state index in [1.807, 2.05) is 6.21 Å². The van der Waals surface area contributed by atoms with Crippen molar-refractivity contribution in [2.24, 2.45) is 10.5 Å². The minimum atomic E-state index is 0.135. The van der Waals surface area contributed by atoms with Gasteiger partial charge in [0.2, 0.25) is 0 Å². The number of nitrogens with zero attached hydrogens (tertiary/aromatic N) is 1. The second-order valence-corrected chi connectivity index (χ2v) is 8.27. The van der Waals surface area contributed by atoms with Crippen LogP contribution in [0.15, 0.2) is 89.6 Å². The summed E-state index contributed by atoms with van der Waals surface area (Å²) in [6.45, 7) is 6.82. The van der Waals surface area contributed by atoms with Gasteiger partial charge in [-0.3, -0.25) is 5.43 Å². The van der Waals surface area contributed by atoms with E-state index in [0.29, 0.717) is 0 Å². The van der Waals surface area contributed by atoms with Crippen LogP contribution < -0.4 is 5.43 Å². The smallest absolute Gasteiger partial charge is 0.0568 e. The Morgan fingerprint density at radius 2 is 1.64 bits per heavy atom. The number of allylic oxidation sites excluding steroid dienone is 4. The van der Waals surface area contributed by atoms with E-state index in [9.17, 15) is 0 Å². The largest absolute Gasteiger partial charge is 0.278 e. The van der Waals surface area contributed by atoms with Crippen LogP contribution in [-0.2, 0) is 0 Å². The Balaban J connectivity index is 1.60. The molecule has 0 aromatic heterocycles. The maximum absolute atomic E-state index is 4.52. The van der Waals surface area contributed by atoms with E-state index in [1.54, 1.807) is 0 Å². The number of benzene rings is 3.